The van der Waals surface area contributed by atoms with Gasteiger partial charge in [0, 0.05) is 67.1 Å². The van der Waals surface area contributed by atoms with Gasteiger partial charge in [0.05, 0.1) is 0 Å². The zero-order valence-corrected chi connectivity index (χ0v) is 89.0. The maximum atomic E-state index is 9.75. The Bertz CT molecular complexity index is 4350. The molecule has 18 rings (SSSR count). The monoisotopic (exact) mass is 2940 g/mol. The molecule has 0 spiro atoms. The number of hydrogen-bond acceptors (Lipinski definition) is 0. The van der Waals surface area contributed by atoms with Crippen LogP contribution in [0.1, 0.15) is 0 Å². The first-order valence-corrected chi connectivity index (χ1v) is 48.2. The van der Waals surface area contributed by atoms with Crippen LogP contribution < -0.4 is 95.5 Å². The molecule has 0 nitrogen and oxygen atoms in total. The summed E-state index contributed by atoms with van der Waals surface area (Å²) < 4.78 is 78.0. The third-order valence-electron chi connectivity index (χ3n) is 18.3. The van der Waals surface area contributed by atoms with Gasteiger partial charge in [0.2, 0.25) is 0 Å². The summed E-state index contributed by atoms with van der Waals surface area (Å²) in [4.78, 5) is 0. The van der Waals surface area contributed by atoms with Gasteiger partial charge in [-0.25, -0.2) is 0 Å². The van der Waals surface area contributed by atoms with Gasteiger partial charge in [-0.05, 0) is 143 Å². The molecule has 18 aromatic carbocycles. The molecule has 18 aromatic rings. The van der Waals surface area contributed by atoms with Crippen molar-refractivity contribution in [2.24, 2.45) is 0 Å². The Hall–Kier alpha value is -7.45. The van der Waals surface area contributed by atoms with Crippen LogP contribution in [0.3, 0.4) is 0 Å². The van der Waals surface area contributed by atoms with Gasteiger partial charge in [-0.2, -0.15) is 0 Å². The summed E-state index contributed by atoms with van der Waals surface area (Å²) in [6, 6.07) is 194. The minimum absolute atomic E-state index is 0. The van der Waals surface area contributed by atoms with Gasteiger partial charge in [-0.15, -0.1) is 0 Å². The van der Waals surface area contributed by atoms with E-state index in [0.29, 0.717) is 0 Å². The van der Waals surface area contributed by atoms with Crippen molar-refractivity contribution in [1.29, 1.82) is 0 Å². The zero-order valence-electron chi connectivity index (χ0n) is 70.6. The molecule has 3 radical (unpaired) electrons. The summed E-state index contributed by atoms with van der Waals surface area (Å²) in [5.41, 5.74) is 0. The standard InChI is InChI=1S/6C18H15P.CH3.6Au.2BF4/c6*1-4-10-16(11-5-1)19(17-12-6-2-7-13-17)18-14-8-3-9-15-18;;;;;;;;2*2-1(3,4)5/h6*1-15H;1H3;;;;;;;;/q;;;;;;-1;;;;3*+1;2*-1. The molecule has 0 amide bonds. The summed E-state index contributed by atoms with van der Waals surface area (Å²) in [6.07, 6.45) is 0. The Kier molecular flexibility index (Phi) is 57.7. The molecule has 0 atom stereocenters. The van der Waals surface area contributed by atoms with Crippen molar-refractivity contribution in [2.75, 3.05) is 0 Å². The van der Waals surface area contributed by atoms with Gasteiger partial charge in [0.1, 0.15) is 0 Å². The third-order valence-corrected chi connectivity index (χ3v) is 32.9. The number of benzene rings is 18. The molecule has 22 heteroatoms. The maximum absolute atomic E-state index is 9.75. The molecule has 0 unspecified atom stereocenters. The smallest absolute Gasteiger partial charge is 0.418 e. The quantitative estimate of drug-likeness (QED) is 0.0348. The molecule has 0 heterocycles. The molecule has 0 aliphatic heterocycles. The normalized spacial score (nSPS) is 10.1. The van der Waals surface area contributed by atoms with Crippen LogP contribution in [0.2, 0.25) is 0 Å². The van der Waals surface area contributed by atoms with E-state index in [0.717, 1.165) is 0 Å². The first-order valence-electron chi connectivity index (χ1n) is 40.2. The fourth-order valence-corrected chi connectivity index (χ4v) is 26.9. The first-order chi connectivity index (χ1) is 60.7. The number of hydrogen-bond donors (Lipinski definition) is 0. The summed E-state index contributed by atoms with van der Waals surface area (Å²) in [6.45, 7) is 0. The second kappa shape index (κ2) is 65.3. The van der Waals surface area contributed by atoms with Gasteiger partial charge < -0.3 is 42.0 Å². The predicted octanol–water partition coefficient (Wildman–Crippen LogP) is 23.7. The molecular formula is C109H93Au6B2F8P6. The Labute approximate surface area is 870 Å². The van der Waals surface area contributed by atoms with Crippen LogP contribution in [0, 0.1) is 7.43 Å². The summed E-state index contributed by atoms with van der Waals surface area (Å²) in [5, 5.41) is 25.2. The first kappa shape index (κ1) is 116. The average molecular weight is 2940 g/mol. The molecule has 0 N–H and O–H groups in total. The summed E-state index contributed by atoms with van der Waals surface area (Å²) in [7, 11) is -14.7. The molecule has 687 valence electrons. The van der Waals surface area contributed by atoms with Crippen molar-refractivity contribution in [2.45, 2.75) is 0 Å². The molecule has 131 heavy (non-hydrogen) atoms. The molecule has 0 fully saturated rings. The third kappa shape index (κ3) is 40.9. The number of halogens is 8. The van der Waals surface area contributed by atoms with E-state index in [-0.39, 0.29) is 142 Å². The fourth-order valence-electron chi connectivity index (χ4n) is 13.1. The summed E-state index contributed by atoms with van der Waals surface area (Å²) in [5.74, 6) is 0. The Morgan fingerprint density at radius 2 is 0.145 bits per heavy atom. The van der Waals surface area contributed by atoms with Gasteiger partial charge >= 0.3 is 81.6 Å². The van der Waals surface area contributed by atoms with Gasteiger partial charge in [-0.1, -0.05) is 546 Å². The van der Waals surface area contributed by atoms with E-state index >= 15 is 0 Å². The van der Waals surface area contributed by atoms with Crippen LogP contribution in [0.4, 0.5) is 34.5 Å². The van der Waals surface area contributed by atoms with Crippen molar-refractivity contribution >= 4 is 158 Å². The zero-order chi connectivity index (χ0) is 86.5. The Balaban J connectivity index is 0.000000319. The molecule has 0 saturated carbocycles. The van der Waals surface area contributed by atoms with E-state index in [9.17, 15) is 34.5 Å². The van der Waals surface area contributed by atoms with Crippen molar-refractivity contribution in [3.63, 3.8) is 0 Å². The Morgan fingerprint density at radius 1 is 0.107 bits per heavy atom. The van der Waals surface area contributed by atoms with Crippen LogP contribution in [0.25, 0.3) is 0 Å². The largest absolute Gasteiger partial charge is 1.00 e. The van der Waals surface area contributed by atoms with E-state index in [1.807, 2.05) is 0 Å². The Morgan fingerprint density at radius 3 is 0.183 bits per heavy atom. The minimum atomic E-state index is -6.00. The SMILES string of the molecule is F[B-](F)(F)F.F[B-](F)(F)F.[Au+].[Au+].[Au+].[Au].[Au].[Au].[CH3-].c1ccc(P(c2ccccc2)c2ccccc2)cc1.c1ccc(P(c2ccccc2)c2ccccc2)cc1.c1ccc(P(c2ccccc2)c2ccccc2)cc1.c1ccc(P(c2ccccc2)c2ccccc2)cc1.c1ccc(P(c2ccccc2)c2ccccc2)cc1.c1ccc(P(c2ccccc2)c2ccccc2)cc1. The van der Waals surface area contributed by atoms with E-state index < -0.39 is 62.0 Å². The fraction of sp³-hybridized carbons (Fsp3) is 0. The summed E-state index contributed by atoms with van der Waals surface area (Å²) >= 11 is 0. The van der Waals surface area contributed by atoms with E-state index in [2.05, 4.69) is 546 Å². The second-order valence-electron chi connectivity index (χ2n) is 27.0. The van der Waals surface area contributed by atoms with Crippen LogP contribution in [-0.4, -0.2) is 14.5 Å². The van der Waals surface area contributed by atoms with Gasteiger partial charge in [-0.3, -0.25) is 0 Å². The maximum Gasteiger partial charge on any atom is 1.00 e. The topological polar surface area (TPSA) is 0 Å². The average Bonchev–Trinajstić information content (AvgIpc) is 0.850. The van der Waals surface area contributed by atoms with Crippen LogP contribution >= 0.6 is 47.5 Å². The van der Waals surface area contributed by atoms with Crippen molar-refractivity contribution in [3.05, 3.63) is 553 Å². The van der Waals surface area contributed by atoms with E-state index in [1.54, 1.807) is 0 Å². The second-order valence-corrected chi connectivity index (χ2v) is 40.4. The van der Waals surface area contributed by atoms with E-state index in [4.69, 9.17) is 0 Å². The number of rotatable bonds is 18. The van der Waals surface area contributed by atoms with Crippen molar-refractivity contribution < 1.29 is 169 Å². The molecule has 0 aliphatic rings. The molecular weight excluding hydrogens is 2850 g/mol. The van der Waals surface area contributed by atoms with Crippen molar-refractivity contribution in [3.8, 4) is 0 Å². The molecule has 0 bridgehead atoms. The molecule has 0 saturated heterocycles. The van der Waals surface area contributed by atoms with Gasteiger partial charge in [0.15, 0.2) is 0 Å². The minimum Gasteiger partial charge on any atom is -0.418 e. The van der Waals surface area contributed by atoms with Crippen molar-refractivity contribution in [1.82, 2.24) is 0 Å². The van der Waals surface area contributed by atoms with Crippen LogP contribution in [-0.2, 0) is 134 Å². The van der Waals surface area contributed by atoms with E-state index in [1.165, 1.54) is 95.5 Å². The molecule has 0 aromatic heterocycles. The van der Waals surface area contributed by atoms with Crippen LogP contribution in [0.15, 0.2) is 546 Å². The molecule has 0 aliphatic carbocycles. The van der Waals surface area contributed by atoms with Crippen LogP contribution in [0.5, 0.6) is 0 Å². The predicted molar refractivity (Wildman–Crippen MR) is 538 cm³/mol. The van der Waals surface area contributed by atoms with Gasteiger partial charge in [0.25, 0.3) is 0 Å².